The van der Waals surface area contributed by atoms with Crippen LogP contribution in [-0.2, 0) is 0 Å². The highest BCUT2D eigenvalue weighted by Crippen LogP contribution is 2.43. The molecule has 0 aromatic heterocycles. The van der Waals surface area contributed by atoms with Crippen molar-refractivity contribution in [3.63, 3.8) is 0 Å². The van der Waals surface area contributed by atoms with Gasteiger partial charge in [0.2, 0.25) is 0 Å². The predicted molar refractivity (Wildman–Crippen MR) is 77.8 cm³/mol. The Morgan fingerprint density at radius 1 is 0.522 bits per heavy atom. The van der Waals surface area contributed by atoms with Crippen LogP contribution in [0.25, 0.3) is 10.8 Å². The number of non-ortho nitro benzene ring substituents is 4. The van der Waals surface area contributed by atoms with Crippen LogP contribution in [0, 0.1) is 40.5 Å². The van der Waals surface area contributed by atoms with Crippen molar-refractivity contribution >= 4 is 45.9 Å². The summed E-state index contributed by atoms with van der Waals surface area (Å²) < 4.78 is 0. The summed E-state index contributed by atoms with van der Waals surface area (Å²) in [5.41, 5.74) is -3.29. The van der Waals surface area contributed by atoms with E-state index in [2.05, 4.69) is 0 Å². The number of hydrogen-bond donors (Lipinski definition) is 0. The molecule has 0 fully saturated rings. The fourth-order valence-corrected chi connectivity index (χ4v) is 2.03. The molecule has 13 heteroatoms. The highest BCUT2D eigenvalue weighted by atomic mass is 35.5. The van der Waals surface area contributed by atoms with Gasteiger partial charge in [0, 0.05) is 24.3 Å². The first-order valence-corrected chi connectivity index (χ1v) is 5.43. The van der Waals surface area contributed by atoms with Crippen molar-refractivity contribution in [2.75, 3.05) is 0 Å². The zero-order valence-corrected chi connectivity index (χ0v) is 11.6. The maximum absolute atomic E-state index is 11.0. The number of nitro benzene ring substituents is 4. The second-order valence-electron chi connectivity index (χ2n) is 3.99. The lowest BCUT2D eigenvalue weighted by molar-refractivity contribution is -0.395. The Labute approximate surface area is 131 Å². The van der Waals surface area contributed by atoms with Gasteiger partial charge in [-0.25, -0.2) is 0 Å². The van der Waals surface area contributed by atoms with Crippen LogP contribution in [-0.4, -0.2) is 19.7 Å². The fourth-order valence-electron chi connectivity index (χ4n) is 2.03. The topological polar surface area (TPSA) is 173 Å². The summed E-state index contributed by atoms with van der Waals surface area (Å²) >= 11 is 0. The molecule has 0 saturated heterocycles. The second kappa shape index (κ2) is 6.15. The summed E-state index contributed by atoms with van der Waals surface area (Å²) in [5.74, 6) is 0. The zero-order chi connectivity index (χ0) is 16.6. The summed E-state index contributed by atoms with van der Waals surface area (Å²) in [6.07, 6.45) is 0. The van der Waals surface area contributed by atoms with Gasteiger partial charge in [-0.15, -0.1) is 12.4 Å². The minimum atomic E-state index is -0.997. The average molecular weight is 345 g/mol. The largest absolute Gasteiger partial charge is 0.284 e. The predicted octanol–water partition coefficient (Wildman–Crippen LogP) is 2.89. The first-order valence-electron chi connectivity index (χ1n) is 5.43. The summed E-state index contributed by atoms with van der Waals surface area (Å²) in [6.45, 7) is 0. The Kier molecular flexibility index (Phi) is 4.71. The monoisotopic (exact) mass is 344 g/mol. The molecule has 0 aliphatic carbocycles. The van der Waals surface area contributed by atoms with Crippen molar-refractivity contribution in [3.8, 4) is 0 Å². The van der Waals surface area contributed by atoms with E-state index in [0.717, 1.165) is 0 Å². The number of nitro groups is 4. The molecule has 0 atom stereocenters. The van der Waals surface area contributed by atoms with Crippen LogP contribution in [0.15, 0.2) is 24.3 Å². The lowest BCUT2D eigenvalue weighted by atomic mass is 10.0. The summed E-state index contributed by atoms with van der Waals surface area (Å²) in [5, 5.41) is 42.5. The molecular formula is C10H5ClN4O8. The van der Waals surface area contributed by atoms with Gasteiger partial charge < -0.3 is 0 Å². The molecule has 0 bridgehead atoms. The number of hydrogen-bond acceptors (Lipinski definition) is 8. The summed E-state index contributed by atoms with van der Waals surface area (Å²) in [4.78, 5) is 40.0. The van der Waals surface area contributed by atoms with Gasteiger partial charge >= 0.3 is 0 Å². The van der Waals surface area contributed by atoms with Gasteiger partial charge in [0.25, 0.3) is 22.7 Å². The van der Waals surface area contributed by atoms with Gasteiger partial charge in [-0.05, 0) is 0 Å². The van der Waals surface area contributed by atoms with Gasteiger partial charge in [0.1, 0.15) is 0 Å². The molecule has 2 aromatic rings. The minimum absolute atomic E-state index is 0. The number of nitrogens with zero attached hydrogens (tertiary/aromatic N) is 4. The lowest BCUT2D eigenvalue weighted by Crippen LogP contribution is -2.00. The smallest absolute Gasteiger partial charge is 0.258 e. The highest BCUT2D eigenvalue weighted by molar-refractivity contribution is 6.08. The quantitative estimate of drug-likeness (QED) is 0.600. The van der Waals surface area contributed by atoms with Crippen molar-refractivity contribution in [2.24, 2.45) is 0 Å². The molecule has 0 heterocycles. The van der Waals surface area contributed by atoms with Gasteiger partial charge in [0.05, 0.1) is 19.7 Å². The Morgan fingerprint density at radius 2 is 0.696 bits per heavy atom. The van der Waals surface area contributed by atoms with Crippen LogP contribution in [0.4, 0.5) is 22.7 Å². The van der Waals surface area contributed by atoms with Crippen LogP contribution in [0.5, 0.6) is 0 Å². The van der Waals surface area contributed by atoms with Crippen LogP contribution < -0.4 is 0 Å². The van der Waals surface area contributed by atoms with E-state index in [1.54, 1.807) is 0 Å². The number of rotatable bonds is 4. The van der Waals surface area contributed by atoms with Gasteiger partial charge in [-0.2, -0.15) is 0 Å². The van der Waals surface area contributed by atoms with E-state index < -0.39 is 53.2 Å². The Hall–Kier alpha value is -3.41. The molecule has 0 amide bonds. The lowest BCUT2D eigenvalue weighted by Gasteiger charge is -2.03. The third-order valence-corrected chi connectivity index (χ3v) is 2.86. The van der Waals surface area contributed by atoms with E-state index >= 15 is 0 Å². The molecule has 0 saturated carbocycles. The second-order valence-corrected chi connectivity index (χ2v) is 3.99. The first kappa shape index (κ1) is 17.6. The first-order chi connectivity index (χ1) is 10.3. The molecule has 0 aliphatic heterocycles. The molecule has 120 valence electrons. The van der Waals surface area contributed by atoms with E-state index in [1.807, 2.05) is 0 Å². The van der Waals surface area contributed by atoms with Crippen LogP contribution in [0.2, 0.25) is 0 Å². The highest BCUT2D eigenvalue weighted by Gasteiger charge is 2.33. The van der Waals surface area contributed by atoms with Gasteiger partial charge in [0.15, 0.2) is 10.8 Å². The maximum atomic E-state index is 11.0. The summed E-state index contributed by atoms with van der Waals surface area (Å²) in [6, 6.07) is 2.82. The average Bonchev–Trinajstić information content (AvgIpc) is 2.43. The molecule has 2 rings (SSSR count). The van der Waals surface area contributed by atoms with Crippen molar-refractivity contribution in [1.29, 1.82) is 0 Å². The van der Waals surface area contributed by atoms with Crippen molar-refractivity contribution < 1.29 is 19.7 Å². The molecule has 0 unspecified atom stereocenters. The number of benzene rings is 2. The zero-order valence-electron chi connectivity index (χ0n) is 10.8. The molecule has 12 nitrogen and oxygen atoms in total. The standard InChI is InChI=1S/C10H4N4O8.ClH/c15-11(16)5-1-2-6(12(17)18)10-8(14(21)22)4-3-7(9(5)10)13(19)20;/h1-4H;1H. The van der Waals surface area contributed by atoms with Crippen LogP contribution in [0.1, 0.15) is 0 Å². The van der Waals surface area contributed by atoms with E-state index in [-0.39, 0.29) is 12.4 Å². The van der Waals surface area contributed by atoms with E-state index in [9.17, 15) is 40.5 Å². The Balaban J connectivity index is 0.00000264. The van der Waals surface area contributed by atoms with E-state index in [0.29, 0.717) is 24.3 Å². The third-order valence-electron chi connectivity index (χ3n) is 2.86. The molecule has 2 aromatic carbocycles. The van der Waals surface area contributed by atoms with Crippen molar-refractivity contribution in [3.05, 3.63) is 64.7 Å². The Morgan fingerprint density at radius 3 is 0.826 bits per heavy atom. The molecule has 0 radical (unpaired) electrons. The SMILES string of the molecule is Cl.O=[N+]([O-])c1ccc([N+](=O)[O-])c2c([N+](=O)[O-])ccc([N+](=O)[O-])c12. The molecule has 0 N–H and O–H groups in total. The van der Waals surface area contributed by atoms with Gasteiger partial charge in [-0.1, -0.05) is 0 Å². The number of fused-ring (bicyclic) bond motifs is 1. The fraction of sp³-hybridized carbons (Fsp3) is 0. The van der Waals surface area contributed by atoms with E-state index in [4.69, 9.17) is 0 Å². The minimum Gasteiger partial charge on any atom is -0.258 e. The van der Waals surface area contributed by atoms with Crippen LogP contribution in [0.3, 0.4) is 0 Å². The summed E-state index contributed by atoms with van der Waals surface area (Å²) in [7, 11) is 0. The molecule has 0 aliphatic rings. The van der Waals surface area contributed by atoms with Gasteiger partial charge in [-0.3, -0.25) is 40.5 Å². The molecule has 23 heavy (non-hydrogen) atoms. The Bertz CT molecular complexity index is 730. The molecule has 0 spiro atoms. The molecular weight excluding hydrogens is 340 g/mol. The normalized spacial score (nSPS) is 9.91. The van der Waals surface area contributed by atoms with E-state index in [1.165, 1.54) is 0 Å². The third kappa shape index (κ3) is 2.82. The number of halogens is 1. The van der Waals surface area contributed by atoms with Crippen molar-refractivity contribution in [2.45, 2.75) is 0 Å². The maximum Gasteiger partial charge on any atom is 0.284 e. The van der Waals surface area contributed by atoms with Crippen molar-refractivity contribution in [1.82, 2.24) is 0 Å². The van der Waals surface area contributed by atoms with Crippen LogP contribution >= 0.6 is 12.4 Å².